The summed E-state index contributed by atoms with van der Waals surface area (Å²) in [5.41, 5.74) is 2.20. The Labute approximate surface area is 159 Å². The van der Waals surface area contributed by atoms with E-state index < -0.39 is 6.10 Å². The third-order valence-corrected chi connectivity index (χ3v) is 5.09. The van der Waals surface area contributed by atoms with Crippen molar-refractivity contribution in [2.45, 2.75) is 90.7 Å². The number of H-pyrrole nitrogens is 1. The molecule has 1 heterocycles. The lowest BCUT2D eigenvalue weighted by Crippen LogP contribution is -2.36. The molecule has 26 heavy (non-hydrogen) atoms. The minimum absolute atomic E-state index is 0.450. The first kappa shape index (κ1) is 20.7. The SMILES string of the molecule is CCCCCCCCCCCc1[nH]c(C(C)O)c[n+]1Cc1ccccc1. The first-order chi connectivity index (χ1) is 12.7. The number of hydrogen-bond donors (Lipinski definition) is 2. The van der Waals surface area contributed by atoms with E-state index in [0.29, 0.717) is 0 Å². The molecule has 1 atom stereocenters. The number of imidazole rings is 1. The van der Waals surface area contributed by atoms with Crippen LogP contribution in [0.3, 0.4) is 0 Å². The Hall–Kier alpha value is -1.61. The number of hydrogen-bond acceptors (Lipinski definition) is 1. The number of nitrogens with zero attached hydrogens (tertiary/aromatic N) is 1. The van der Waals surface area contributed by atoms with Gasteiger partial charge in [-0.2, -0.15) is 0 Å². The number of aromatic nitrogens is 2. The Morgan fingerprint density at radius 2 is 1.54 bits per heavy atom. The van der Waals surface area contributed by atoms with Crippen LogP contribution in [0, 0.1) is 0 Å². The zero-order valence-corrected chi connectivity index (χ0v) is 16.7. The summed E-state index contributed by atoms with van der Waals surface area (Å²) >= 11 is 0. The largest absolute Gasteiger partial charge is 0.385 e. The van der Waals surface area contributed by atoms with Crippen LogP contribution >= 0.6 is 0 Å². The first-order valence-corrected chi connectivity index (χ1v) is 10.5. The average molecular weight is 358 g/mol. The van der Waals surface area contributed by atoms with Crippen molar-refractivity contribution in [1.29, 1.82) is 0 Å². The van der Waals surface area contributed by atoms with Crippen LogP contribution in [0.25, 0.3) is 0 Å². The predicted octanol–water partition coefficient (Wildman–Crippen LogP) is 5.48. The maximum Gasteiger partial charge on any atom is 0.254 e. The summed E-state index contributed by atoms with van der Waals surface area (Å²) in [5, 5.41) is 9.91. The number of unbranched alkanes of at least 4 members (excludes halogenated alkanes) is 8. The molecular weight excluding hydrogens is 320 g/mol. The van der Waals surface area contributed by atoms with Crippen molar-refractivity contribution >= 4 is 0 Å². The summed E-state index contributed by atoms with van der Waals surface area (Å²) in [5.74, 6) is 1.23. The summed E-state index contributed by atoms with van der Waals surface area (Å²) < 4.78 is 2.27. The molecule has 1 aromatic heterocycles. The van der Waals surface area contributed by atoms with Crippen molar-refractivity contribution < 1.29 is 9.67 Å². The number of nitrogens with one attached hydrogen (secondary N) is 1. The molecular formula is C23H37N2O+. The molecule has 0 radical (unpaired) electrons. The van der Waals surface area contributed by atoms with Crippen LogP contribution in [-0.4, -0.2) is 10.1 Å². The molecule has 1 aromatic carbocycles. The molecule has 0 saturated carbocycles. The van der Waals surface area contributed by atoms with Crippen LogP contribution in [0.5, 0.6) is 0 Å². The van der Waals surface area contributed by atoms with Crippen LogP contribution < -0.4 is 4.57 Å². The van der Waals surface area contributed by atoms with Gasteiger partial charge in [-0.1, -0.05) is 88.6 Å². The second-order valence-corrected chi connectivity index (χ2v) is 7.52. The topological polar surface area (TPSA) is 39.9 Å². The molecule has 0 spiro atoms. The Balaban J connectivity index is 1.78. The summed E-state index contributed by atoms with van der Waals surface area (Å²) in [6, 6.07) is 10.5. The quantitative estimate of drug-likeness (QED) is 0.362. The van der Waals surface area contributed by atoms with Crippen molar-refractivity contribution in [2.24, 2.45) is 0 Å². The Kier molecular flexibility index (Phi) is 9.47. The monoisotopic (exact) mass is 357 g/mol. The van der Waals surface area contributed by atoms with Crippen LogP contribution in [0.15, 0.2) is 36.5 Å². The van der Waals surface area contributed by atoms with Crippen LogP contribution in [0.4, 0.5) is 0 Å². The lowest BCUT2D eigenvalue weighted by atomic mass is 10.1. The van der Waals surface area contributed by atoms with E-state index in [1.54, 1.807) is 0 Å². The zero-order chi connectivity index (χ0) is 18.6. The molecule has 1 unspecified atom stereocenters. The fourth-order valence-electron chi connectivity index (χ4n) is 3.46. The lowest BCUT2D eigenvalue weighted by Gasteiger charge is -2.03. The number of aryl methyl sites for hydroxylation is 1. The third-order valence-electron chi connectivity index (χ3n) is 5.09. The minimum Gasteiger partial charge on any atom is -0.385 e. The van der Waals surface area contributed by atoms with Gasteiger partial charge in [-0.3, -0.25) is 0 Å². The van der Waals surface area contributed by atoms with Gasteiger partial charge >= 0.3 is 0 Å². The molecule has 0 bridgehead atoms. The molecule has 0 aliphatic heterocycles. The Morgan fingerprint density at radius 3 is 2.15 bits per heavy atom. The Bertz CT molecular complexity index is 604. The first-order valence-electron chi connectivity index (χ1n) is 10.5. The standard InChI is InChI=1S/C23H36N2O/c1-3-4-5-6-7-8-9-10-14-17-23-24-22(20(2)26)19-25(23)18-21-15-12-11-13-16-21/h11-13,15-16,19-20,26H,3-10,14,17-18H2,1-2H3/p+1. The van der Waals surface area contributed by atoms with Gasteiger partial charge in [0.2, 0.25) is 0 Å². The van der Waals surface area contributed by atoms with Crippen molar-refractivity contribution in [2.75, 3.05) is 0 Å². The van der Waals surface area contributed by atoms with Gasteiger partial charge in [0.15, 0.2) is 5.69 Å². The maximum absolute atomic E-state index is 9.91. The van der Waals surface area contributed by atoms with E-state index in [9.17, 15) is 5.11 Å². The van der Waals surface area contributed by atoms with Crippen LogP contribution in [-0.2, 0) is 13.0 Å². The third kappa shape index (κ3) is 7.33. The van der Waals surface area contributed by atoms with E-state index in [2.05, 4.69) is 53.0 Å². The molecule has 0 fully saturated rings. The number of benzene rings is 1. The molecule has 3 nitrogen and oxygen atoms in total. The highest BCUT2D eigenvalue weighted by Gasteiger charge is 2.18. The van der Waals surface area contributed by atoms with Gasteiger partial charge < -0.3 is 5.11 Å². The van der Waals surface area contributed by atoms with Gasteiger partial charge in [0.05, 0.1) is 0 Å². The van der Waals surface area contributed by atoms with Crippen molar-refractivity contribution in [1.82, 2.24) is 4.98 Å². The molecule has 0 aliphatic carbocycles. The fraction of sp³-hybridized carbons (Fsp3) is 0.609. The molecule has 0 saturated heterocycles. The van der Waals surface area contributed by atoms with Crippen LogP contribution in [0.1, 0.15) is 94.8 Å². The number of aliphatic hydroxyl groups is 1. The second-order valence-electron chi connectivity index (χ2n) is 7.52. The molecule has 2 rings (SSSR count). The second kappa shape index (κ2) is 11.9. The zero-order valence-electron chi connectivity index (χ0n) is 16.7. The van der Waals surface area contributed by atoms with E-state index in [-0.39, 0.29) is 0 Å². The number of rotatable bonds is 13. The summed E-state index contributed by atoms with van der Waals surface area (Å²) in [4.78, 5) is 3.44. The van der Waals surface area contributed by atoms with E-state index in [1.807, 2.05) is 6.92 Å². The van der Waals surface area contributed by atoms with Crippen molar-refractivity contribution in [3.8, 4) is 0 Å². The van der Waals surface area contributed by atoms with Gasteiger partial charge in [-0.25, -0.2) is 9.55 Å². The Morgan fingerprint density at radius 1 is 0.923 bits per heavy atom. The number of aliphatic hydroxyl groups excluding tert-OH is 1. The average Bonchev–Trinajstić information content (AvgIpc) is 3.04. The van der Waals surface area contributed by atoms with E-state index in [1.165, 1.54) is 69.2 Å². The highest BCUT2D eigenvalue weighted by molar-refractivity contribution is 5.13. The van der Waals surface area contributed by atoms with E-state index in [0.717, 1.165) is 18.7 Å². The van der Waals surface area contributed by atoms with Crippen molar-refractivity contribution in [3.05, 3.63) is 53.6 Å². The molecule has 2 N–H and O–H groups in total. The molecule has 144 valence electrons. The van der Waals surface area contributed by atoms with E-state index >= 15 is 0 Å². The van der Waals surface area contributed by atoms with Gasteiger partial charge in [0.1, 0.15) is 18.8 Å². The summed E-state index contributed by atoms with van der Waals surface area (Å²) in [7, 11) is 0. The molecule has 2 aromatic rings. The molecule has 0 amide bonds. The normalized spacial score (nSPS) is 12.4. The van der Waals surface area contributed by atoms with Gasteiger partial charge in [-0.05, 0) is 18.9 Å². The maximum atomic E-state index is 9.91. The predicted molar refractivity (Wildman–Crippen MR) is 108 cm³/mol. The highest BCUT2D eigenvalue weighted by Crippen LogP contribution is 2.13. The van der Waals surface area contributed by atoms with Crippen LogP contribution in [0.2, 0.25) is 0 Å². The van der Waals surface area contributed by atoms with Crippen molar-refractivity contribution in [3.63, 3.8) is 0 Å². The van der Waals surface area contributed by atoms with Gasteiger partial charge in [-0.15, -0.1) is 0 Å². The summed E-state index contributed by atoms with van der Waals surface area (Å²) in [6.45, 7) is 4.95. The summed E-state index contributed by atoms with van der Waals surface area (Å²) in [6.07, 6.45) is 14.8. The minimum atomic E-state index is -0.450. The smallest absolute Gasteiger partial charge is 0.254 e. The fourth-order valence-corrected chi connectivity index (χ4v) is 3.46. The highest BCUT2D eigenvalue weighted by atomic mass is 16.3. The lowest BCUT2D eigenvalue weighted by molar-refractivity contribution is -0.694. The molecule has 3 heteroatoms. The van der Waals surface area contributed by atoms with E-state index in [4.69, 9.17) is 0 Å². The molecule has 0 aliphatic rings. The number of aromatic amines is 1. The van der Waals surface area contributed by atoms with Gasteiger partial charge in [0, 0.05) is 6.42 Å². The van der Waals surface area contributed by atoms with Gasteiger partial charge in [0.25, 0.3) is 5.82 Å².